The molecule has 0 radical (unpaired) electrons. The predicted octanol–water partition coefficient (Wildman–Crippen LogP) is 2.71. The van der Waals surface area contributed by atoms with Gasteiger partial charge in [-0.05, 0) is 39.8 Å². The molecule has 0 N–H and O–H groups in total. The Morgan fingerprint density at radius 3 is 2.67 bits per heavy atom. The van der Waals surface area contributed by atoms with E-state index in [0.717, 1.165) is 5.56 Å². The van der Waals surface area contributed by atoms with Gasteiger partial charge in [-0.25, -0.2) is 4.79 Å². The Morgan fingerprint density at radius 2 is 2.04 bits per heavy atom. The molecule has 3 rings (SSSR count). The van der Waals surface area contributed by atoms with Crippen molar-refractivity contribution >= 4 is 11.9 Å². The molecule has 2 aliphatic heterocycles. The molecule has 1 aromatic rings. The Bertz CT molecular complexity index is 741. The average Bonchev–Trinajstić information content (AvgIpc) is 2.95. The van der Waals surface area contributed by atoms with Gasteiger partial charge >= 0.3 is 6.09 Å². The molecule has 1 fully saturated rings. The summed E-state index contributed by atoms with van der Waals surface area (Å²) in [7, 11) is 1.62. The number of hydrogen-bond donors (Lipinski definition) is 0. The first-order valence-electron chi connectivity index (χ1n) is 9.27. The molecule has 0 unspecified atom stereocenters. The molecule has 0 saturated carbocycles. The maximum atomic E-state index is 12.4. The van der Waals surface area contributed by atoms with Crippen LogP contribution in [0.1, 0.15) is 43.6 Å². The van der Waals surface area contributed by atoms with Crippen molar-refractivity contribution in [3.05, 3.63) is 23.3 Å². The predicted molar refractivity (Wildman–Crippen MR) is 100 cm³/mol. The Kier molecular flexibility index (Phi) is 5.33. The number of carbonyl (C=O) groups excluding carboxylic acids is 2. The first kappa shape index (κ1) is 19.5. The number of ketones is 1. The van der Waals surface area contributed by atoms with Gasteiger partial charge < -0.3 is 19.1 Å². The summed E-state index contributed by atoms with van der Waals surface area (Å²) in [5.41, 5.74) is 1.00. The summed E-state index contributed by atoms with van der Waals surface area (Å²) in [6.07, 6.45) is -0.276. The third kappa shape index (κ3) is 4.18. The minimum atomic E-state index is -0.504. The topological polar surface area (TPSA) is 68.3 Å². The van der Waals surface area contributed by atoms with Gasteiger partial charge in [-0.2, -0.15) is 0 Å². The number of nitrogens with zero attached hydrogens (tertiary/aromatic N) is 2. The number of methoxy groups -OCH3 is 1. The van der Waals surface area contributed by atoms with E-state index in [-0.39, 0.29) is 24.5 Å². The first-order valence-corrected chi connectivity index (χ1v) is 9.27. The van der Waals surface area contributed by atoms with Crippen molar-refractivity contribution in [1.29, 1.82) is 0 Å². The SMILES string of the molecule is COc1ccc2c(c1CN1CCN(C(=O)OC(C)(C)C)[C@H](C)C1)OCC2=O. The van der Waals surface area contributed by atoms with Crippen molar-refractivity contribution in [1.82, 2.24) is 9.80 Å². The van der Waals surface area contributed by atoms with Gasteiger partial charge in [-0.1, -0.05) is 0 Å². The van der Waals surface area contributed by atoms with Gasteiger partial charge in [0.25, 0.3) is 0 Å². The highest BCUT2D eigenvalue weighted by atomic mass is 16.6. The molecule has 148 valence electrons. The molecule has 1 saturated heterocycles. The van der Waals surface area contributed by atoms with Crippen LogP contribution in [0, 0.1) is 0 Å². The van der Waals surface area contributed by atoms with Gasteiger partial charge in [0.05, 0.1) is 18.2 Å². The number of amides is 1. The Morgan fingerprint density at radius 1 is 1.30 bits per heavy atom. The molecule has 0 spiro atoms. The van der Waals surface area contributed by atoms with Crippen LogP contribution < -0.4 is 9.47 Å². The molecule has 27 heavy (non-hydrogen) atoms. The number of Topliss-reactive ketones (excluding diaryl/α,β-unsaturated/α-hetero) is 1. The van der Waals surface area contributed by atoms with Crippen LogP contribution in [0.2, 0.25) is 0 Å². The molecule has 2 heterocycles. The summed E-state index contributed by atoms with van der Waals surface area (Å²) >= 11 is 0. The van der Waals surface area contributed by atoms with Gasteiger partial charge in [-0.3, -0.25) is 9.69 Å². The quantitative estimate of drug-likeness (QED) is 0.808. The van der Waals surface area contributed by atoms with E-state index in [4.69, 9.17) is 14.2 Å². The van der Waals surface area contributed by atoms with Crippen LogP contribution in [-0.4, -0.2) is 66.7 Å². The van der Waals surface area contributed by atoms with Gasteiger partial charge in [0.2, 0.25) is 5.78 Å². The zero-order valence-corrected chi connectivity index (χ0v) is 16.7. The molecular weight excluding hydrogens is 348 g/mol. The van der Waals surface area contributed by atoms with Crippen LogP contribution in [0.15, 0.2) is 12.1 Å². The second-order valence-electron chi connectivity index (χ2n) is 8.09. The lowest BCUT2D eigenvalue weighted by Gasteiger charge is -2.40. The lowest BCUT2D eigenvalue weighted by Crippen LogP contribution is -2.54. The first-order chi connectivity index (χ1) is 12.7. The smallest absolute Gasteiger partial charge is 0.410 e. The van der Waals surface area contributed by atoms with Crippen molar-refractivity contribution in [2.45, 2.75) is 45.9 Å². The second kappa shape index (κ2) is 7.38. The molecule has 1 atom stereocenters. The number of ether oxygens (including phenoxy) is 3. The second-order valence-corrected chi connectivity index (χ2v) is 8.09. The van der Waals surface area contributed by atoms with E-state index in [9.17, 15) is 9.59 Å². The lowest BCUT2D eigenvalue weighted by atomic mass is 10.0. The van der Waals surface area contributed by atoms with Crippen LogP contribution in [0.3, 0.4) is 0 Å². The minimum Gasteiger partial charge on any atom is -0.496 e. The fourth-order valence-corrected chi connectivity index (χ4v) is 3.54. The van der Waals surface area contributed by atoms with Gasteiger partial charge in [0, 0.05) is 32.2 Å². The Labute approximate surface area is 160 Å². The van der Waals surface area contributed by atoms with Crippen LogP contribution in [0.4, 0.5) is 4.79 Å². The van der Waals surface area contributed by atoms with Crippen LogP contribution in [-0.2, 0) is 11.3 Å². The molecule has 1 amide bonds. The van der Waals surface area contributed by atoms with Crippen LogP contribution >= 0.6 is 0 Å². The van der Waals surface area contributed by atoms with Crippen molar-refractivity contribution in [3.8, 4) is 11.5 Å². The number of benzene rings is 1. The Balaban J connectivity index is 1.71. The van der Waals surface area contributed by atoms with Crippen LogP contribution in [0.25, 0.3) is 0 Å². The van der Waals surface area contributed by atoms with Gasteiger partial charge in [0.15, 0.2) is 6.61 Å². The van der Waals surface area contributed by atoms with Gasteiger partial charge in [-0.15, -0.1) is 0 Å². The van der Waals surface area contributed by atoms with E-state index in [1.807, 2.05) is 33.8 Å². The highest BCUT2D eigenvalue weighted by molar-refractivity contribution is 6.03. The van der Waals surface area contributed by atoms with E-state index in [1.165, 1.54) is 0 Å². The van der Waals surface area contributed by atoms with Gasteiger partial charge in [0.1, 0.15) is 17.1 Å². The van der Waals surface area contributed by atoms with E-state index in [2.05, 4.69) is 4.90 Å². The number of rotatable bonds is 3. The molecule has 7 heteroatoms. The summed E-state index contributed by atoms with van der Waals surface area (Å²) in [5, 5.41) is 0. The number of fused-ring (bicyclic) bond motifs is 1. The molecule has 2 aliphatic rings. The summed E-state index contributed by atoms with van der Waals surface area (Å²) in [6, 6.07) is 3.61. The molecule has 7 nitrogen and oxygen atoms in total. The summed E-state index contributed by atoms with van der Waals surface area (Å²) in [4.78, 5) is 28.4. The van der Waals surface area contributed by atoms with Crippen molar-refractivity contribution < 1.29 is 23.8 Å². The zero-order valence-electron chi connectivity index (χ0n) is 16.7. The number of piperazine rings is 1. The monoisotopic (exact) mass is 376 g/mol. The highest BCUT2D eigenvalue weighted by Crippen LogP contribution is 2.37. The van der Waals surface area contributed by atoms with Crippen molar-refractivity contribution in [3.63, 3.8) is 0 Å². The molecule has 0 aliphatic carbocycles. The molecule has 1 aromatic carbocycles. The fraction of sp³-hybridized carbons (Fsp3) is 0.600. The maximum absolute atomic E-state index is 12.4. The van der Waals surface area contributed by atoms with E-state index in [0.29, 0.717) is 43.2 Å². The average molecular weight is 376 g/mol. The lowest BCUT2D eigenvalue weighted by molar-refractivity contribution is 0.000397. The largest absolute Gasteiger partial charge is 0.496 e. The maximum Gasteiger partial charge on any atom is 0.410 e. The highest BCUT2D eigenvalue weighted by Gasteiger charge is 2.33. The van der Waals surface area contributed by atoms with Crippen molar-refractivity contribution in [2.75, 3.05) is 33.4 Å². The van der Waals surface area contributed by atoms with E-state index < -0.39 is 5.60 Å². The molecular formula is C20H28N2O5. The third-order valence-corrected chi connectivity index (χ3v) is 4.81. The van der Waals surface area contributed by atoms with Crippen LogP contribution in [0.5, 0.6) is 11.5 Å². The van der Waals surface area contributed by atoms with E-state index >= 15 is 0 Å². The Hall–Kier alpha value is -2.28. The fourth-order valence-electron chi connectivity index (χ4n) is 3.54. The standard InChI is InChI=1S/C20H28N2O5/c1-13-10-21(8-9-22(13)19(24)27-20(2,3)4)11-15-17(25-5)7-6-14-16(23)12-26-18(14)15/h6-7,13H,8-12H2,1-5H3/t13-/m1/s1. The van der Waals surface area contributed by atoms with Crippen molar-refractivity contribution in [2.24, 2.45) is 0 Å². The number of hydrogen-bond acceptors (Lipinski definition) is 6. The minimum absolute atomic E-state index is 0.00276. The summed E-state index contributed by atoms with van der Waals surface area (Å²) < 4.78 is 16.6. The summed E-state index contributed by atoms with van der Waals surface area (Å²) in [6.45, 7) is 10.3. The van der Waals surface area contributed by atoms with E-state index in [1.54, 1.807) is 18.1 Å². The normalized spacial score (nSPS) is 20.3. The number of carbonyl (C=O) groups is 2. The molecule has 0 aromatic heterocycles. The zero-order chi connectivity index (χ0) is 19.8. The summed E-state index contributed by atoms with van der Waals surface area (Å²) in [5.74, 6) is 1.34. The third-order valence-electron chi connectivity index (χ3n) is 4.81. The molecule has 0 bridgehead atoms.